The van der Waals surface area contributed by atoms with E-state index in [1.807, 2.05) is 60.0 Å². The van der Waals surface area contributed by atoms with Crippen LogP contribution in [0.1, 0.15) is 18.2 Å². The molecule has 3 rings (SSSR count). The van der Waals surface area contributed by atoms with E-state index in [-0.39, 0.29) is 12.3 Å². The molecule has 4 nitrogen and oxygen atoms in total. The van der Waals surface area contributed by atoms with Crippen molar-refractivity contribution >= 4 is 33.8 Å². The summed E-state index contributed by atoms with van der Waals surface area (Å²) in [4.78, 5) is 16.6. The van der Waals surface area contributed by atoms with Crippen molar-refractivity contribution < 1.29 is 4.79 Å². The van der Waals surface area contributed by atoms with Crippen molar-refractivity contribution in [3.8, 4) is 0 Å². The molecule has 122 valence electrons. The summed E-state index contributed by atoms with van der Waals surface area (Å²) in [5.74, 6) is -0.0594. The molecule has 0 radical (unpaired) electrons. The van der Waals surface area contributed by atoms with Gasteiger partial charge in [0.25, 0.3) is 0 Å². The Labute approximate surface area is 145 Å². The van der Waals surface area contributed by atoms with Gasteiger partial charge in [-0.3, -0.25) is 4.79 Å². The van der Waals surface area contributed by atoms with Crippen LogP contribution >= 0.6 is 11.3 Å². The Morgan fingerprint density at radius 2 is 1.79 bits per heavy atom. The molecule has 0 unspecified atom stereocenters. The molecule has 0 bridgehead atoms. The molecule has 0 spiro atoms. The summed E-state index contributed by atoms with van der Waals surface area (Å²) >= 11 is 1.50. The zero-order valence-electron chi connectivity index (χ0n) is 13.5. The Hall–Kier alpha value is -2.66. The van der Waals surface area contributed by atoms with Crippen LogP contribution in [0, 0.1) is 0 Å². The van der Waals surface area contributed by atoms with E-state index in [1.165, 1.54) is 16.9 Å². The molecule has 0 saturated carbocycles. The summed E-state index contributed by atoms with van der Waals surface area (Å²) in [7, 11) is 0. The molecule has 1 amide bonds. The van der Waals surface area contributed by atoms with Gasteiger partial charge in [-0.15, -0.1) is 11.3 Å². The van der Waals surface area contributed by atoms with Crippen LogP contribution in [0.3, 0.4) is 0 Å². The molecule has 2 N–H and O–H groups in total. The molecule has 24 heavy (non-hydrogen) atoms. The van der Waals surface area contributed by atoms with Gasteiger partial charge in [0.1, 0.15) is 0 Å². The van der Waals surface area contributed by atoms with E-state index in [9.17, 15) is 4.79 Å². The van der Waals surface area contributed by atoms with E-state index in [4.69, 9.17) is 0 Å². The predicted octanol–water partition coefficient (Wildman–Crippen LogP) is 4.63. The lowest BCUT2D eigenvalue weighted by molar-refractivity contribution is -0.115. The molecule has 5 heteroatoms. The Morgan fingerprint density at radius 3 is 2.50 bits per heavy atom. The number of para-hydroxylation sites is 1. The lowest BCUT2D eigenvalue weighted by atomic mass is 10.1. The molecule has 0 saturated heterocycles. The minimum Gasteiger partial charge on any atom is -0.332 e. The van der Waals surface area contributed by atoms with Gasteiger partial charge in [-0.05, 0) is 36.2 Å². The van der Waals surface area contributed by atoms with Gasteiger partial charge >= 0.3 is 0 Å². The van der Waals surface area contributed by atoms with E-state index in [0.29, 0.717) is 0 Å². The van der Waals surface area contributed by atoms with Crippen molar-refractivity contribution in [2.45, 2.75) is 19.8 Å². The van der Waals surface area contributed by atoms with Gasteiger partial charge in [0.05, 0.1) is 12.1 Å². The third kappa shape index (κ3) is 4.43. The zero-order chi connectivity index (χ0) is 16.8. The van der Waals surface area contributed by atoms with Crippen molar-refractivity contribution in [3.63, 3.8) is 0 Å². The van der Waals surface area contributed by atoms with E-state index >= 15 is 0 Å². The molecule has 1 heterocycles. The van der Waals surface area contributed by atoms with Crippen LogP contribution in [-0.4, -0.2) is 10.9 Å². The Balaban J connectivity index is 1.56. The molecular weight excluding hydrogens is 318 g/mol. The smallest absolute Gasteiger partial charge is 0.230 e. The highest BCUT2D eigenvalue weighted by Gasteiger charge is 2.08. The van der Waals surface area contributed by atoms with Crippen LogP contribution in [0.4, 0.5) is 16.5 Å². The number of aromatic nitrogens is 1. The molecule has 0 atom stereocenters. The summed E-state index contributed by atoms with van der Waals surface area (Å²) in [6, 6.07) is 17.8. The number of nitrogens with one attached hydrogen (secondary N) is 2. The van der Waals surface area contributed by atoms with E-state index in [2.05, 4.69) is 22.5 Å². The first kappa shape index (κ1) is 16.2. The first-order valence-electron chi connectivity index (χ1n) is 7.88. The van der Waals surface area contributed by atoms with Gasteiger partial charge < -0.3 is 10.6 Å². The van der Waals surface area contributed by atoms with E-state index in [1.54, 1.807) is 0 Å². The number of nitrogens with zero attached hydrogens (tertiary/aromatic N) is 1. The van der Waals surface area contributed by atoms with Gasteiger partial charge in [-0.25, -0.2) is 4.98 Å². The topological polar surface area (TPSA) is 54.0 Å². The molecule has 0 aliphatic carbocycles. The SMILES string of the molecule is CCc1ccc(NC(=O)Cc2csc(Nc3ccccc3)n2)cc1. The van der Waals surface area contributed by atoms with Crippen LogP contribution in [0.2, 0.25) is 0 Å². The number of carbonyl (C=O) groups is 1. The third-order valence-electron chi connectivity index (χ3n) is 3.56. The number of carbonyl (C=O) groups excluding carboxylic acids is 1. The summed E-state index contributed by atoms with van der Waals surface area (Å²) in [6.45, 7) is 2.11. The highest BCUT2D eigenvalue weighted by atomic mass is 32.1. The number of hydrogen-bond acceptors (Lipinski definition) is 4. The summed E-state index contributed by atoms with van der Waals surface area (Å²) in [5, 5.41) is 8.84. The second-order valence-corrected chi connectivity index (χ2v) is 6.27. The highest BCUT2D eigenvalue weighted by Crippen LogP contribution is 2.21. The average molecular weight is 337 g/mol. The fourth-order valence-electron chi connectivity index (χ4n) is 2.28. The lowest BCUT2D eigenvalue weighted by Gasteiger charge is -2.05. The number of benzene rings is 2. The zero-order valence-corrected chi connectivity index (χ0v) is 14.3. The van der Waals surface area contributed by atoms with Crippen molar-refractivity contribution in [2.75, 3.05) is 10.6 Å². The maximum atomic E-state index is 12.1. The molecule has 0 aliphatic rings. The molecule has 2 aromatic carbocycles. The number of anilines is 3. The second-order valence-electron chi connectivity index (χ2n) is 5.41. The summed E-state index contributed by atoms with van der Waals surface area (Å²) < 4.78 is 0. The quantitative estimate of drug-likeness (QED) is 0.689. The number of aryl methyl sites for hydroxylation is 1. The fourth-order valence-corrected chi connectivity index (χ4v) is 3.01. The fraction of sp³-hybridized carbons (Fsp3) is 0.158. The maximum Gasteiger partial charge on any atom is 0.230 e. The number of thiazole rings is 1. The Morgan fingerprint density at radius 1 is 1.04 bits per heavy atom. The van der Waals surface area contributed by atoms with E-state index in [0.717, 1.165) is 28.6 Å². The van der Waals surface area contributed by atoms with Gasteiger partial charge in [-0.1, -0.05) is 37.3 Å². The first-order chi connectivity index (χ1) is 11.7. The first-order valence-corrected chi connectivity index (χ1v) is 8.76. The van der Waals surface area contributed by atoms with E-state index < -0.39 is 0 Å². The second kappa shape index (κ2) is 7.75. The molecule has 0 fully saturated rings. The Kier molecular flexibility index (Phi) is 5.23. The van der Waals surface area contributed by atoms with Crippen LogP contribution in [-0.2, 0) is 17.6 Å². The van der Waals surface area contributed by atoms with Gasteiger partial charge in [-0.2, -0.15) is 0 Å². The Bertz CT molecular complexity index is 797. The molecular formula is C19H19N3OS. The van der Waals surface area contributed by atoms with Crippen molar-refractivity contribution in [3.05, 3.63) is 71.2 Å². The van der Waals surface area contributed by atoms with Crippen LogP contribution in [0.25, 0.3) is 0 Å². The molecule has 3 aromatic rings. The standard InChI is InChI=1S/C19H19N3OS/c1-2-14-8-10-16(11-9-14)20-18(23)12-17-13-24-19(22-17)21-15-6-4-3-5-7-15/h3-11,13H,2,12H2,1H3,(H,20,23)(H,21,22). The maximum absolute atomic E-state index is 12.1. The minimum absolute atomic E-state index is 0.0594. The van der Waals surface area contributed by atoms with Gasteiger partial charge in [0.15, 0.2) is 5.13 Å². The number of amides is 1. The van der Waals surface area contributed by atoms with Crippen molar-refractivity contribution in [1.82, 2.24) is 4.98 Å². The largest absolute Gasteiger partial charge is 0.332 e. The summed E-state index contributed by atoms with van der Waals surface area (Å²) in [6.07, 6.45) is 1.26. The number of hydrogen-bond donors (Lipinski definition) is 2. The van der Waals surface area contributed by atoms with Gasteiger partial charge in [0.2, 0.25) is 5.91 Å². The molecule has 0 aliphatic heterocycles. The van der Waals surface area contributed by atoms with Gasteiger partial charge in [0, 0.05) is 16.8 Å². The van der Waals surface area contributed by atoms with Crippen molar-refractivity contribution in [2.24, 2.45) is 0 Å². The summed E-state index contributed by atoms with van der Waals surface area (Å²) in [5.41, 5.74) is 3.82. The minimum atomic E-state index is -0.0594. The predicted molar refractivity (Wildman–Crippen MR) is 100.0 cm³/mol. The third-order valence-corrected chi connectivity index (χ3v) is 4.37. The average Bonchev–Trinajstić information content (AvgIpc) is 3.03. The lowest BCUT2D eigenvalue weighted by Crippen LogP contribution is -2.14. The van der Waals surface area contributed by atoms with Crippen LogP contribution in [0.15, 0.2) is 60.0 Å². The monoisotopic (exact) mass is 337 g/mol. The highest BCUT2D eigenvalue weighted by molar-refractivity contribution is 7.13. The van der Waals surface area contributed by atoms with Crippen LogP contribution in [0.5, 0.6) is 0 Å². The van der Waals surface area contributed by atoms with Crippen molar-refractivity contribution in [1.29, 1.82) is 0 Å². The van der Waals surface area contributed by atoms with Crippen LogP contribution < -0.4 is 10.6 Å². The molecule has 1 aromatic heterocycles. The normalized spacial score (nSPS) is 10.4. The number of rotatable bonds is 6.